The predicted molar refractivity (Wildman–Crippen MR) is 85.3 cm³/mol. The van der Waals surface area contributed by atoms with Crippen molar-refractivity contribution in [3.05, 3.63) is 23.8 Å². The molecule has 23 heavy (non-hydrogen) atoms. The first-order chi connectivity index (χ1) is 11.2. The van der Waals surface area contributed by atoms with E-state index in [-0.39, 0.29) is 11.7 Å². The summed E-state index contributed by atoms with van der Waals surface area (Å²) in [7, 11) is 2.14. The van der Waals surface area contributed by atoms with Gasteiger partial charge in [-0.05, 0) is 38.1 Å². The van der Waals surface area contributed by atoms with Crippen LogP contribution < -0.4 is 9.47 Å². The Labute approximate surface area is 136 Å². The van der Waals surface area contributed by atoms with Crippen LogP contribution in [-0.4, -0.2) is 56.2 Å². The molecule has 3 aliphatic heterocycles. The number of piperidine rings is 1. The summed E-state index contributed by atoms with van der Waals surface area (Å²) in [6.45, 7) is 2.77. The van der Waals surface area contributed by atoms with Gasteiger partial charge in [0.2, 0.25) is 0 Å². The van der Waals surface area contributed by atoms with Gasteiger partial charge in [-0.25, -0.2) is 0 Å². The molecule has 0 spiro atoms. The van der Waals surface area contributed by atoms with Crippen LogP contribution in [0, 0.1) is 5.92 Å². The molecule has 2 bridgehead atoms. The maximum absolute atomic E-state index is 13.0. The molecule has 0 saturated carbocycles. The van der Waals surface area contributed by atoms with Crippen LogP contribution in [0.3, 0.4) is 0 Å². The number of ketones is 1. The molecule has 0 amide bonds. The first-order valence-corrected chi connectivity index (χ1v) is 8.46. The number of morpholine rings is 1. The van der Waals surface area contributed by atoms with Crippen molar-refractivity contribution >= 4 is 5.78 Å². The summed E-state index contributed by atoms with van der Waals surface area (Å²) in [6.07, 6.45) is 2.62. The predicted octanol–water partition coefficient (Wildman–Crippen LogP) is 2.14. The van der Waals surface area contributed by atoms with Crippen molar-refractivity contribution in [1.29, 1.82) is 0 Å². The molecule has 0 radical (unpaired) electrons. The number of likely N-dealkylation sites (N-methyl/N-ethyl adjacent to an activating group) is 1. The number of carbonyl (C=O) groups excluding carboxylic acids is 1. The van der Waals surface area contributed by atoms with E-state index in [1.54, 1.807) is 0 Å². The van der Waals surface area contributed by atoms with Crippen LogP contribution in [-0.2, 0) is 4.74 Å². The molecule has 4 rings (SSSR count). The minimum atomic E-state index is 0.0786. The second-order valence-electron chi connectivity index (χ2n) is 6.76. The van der Waals surface area contributed by atoms with Gasteiger partial charge in [0.1, 0.15) is 0 Å². The monoisotopic (exact) mass is 317 g/mol. The lowest BCUT2D eigenvalue weighted by Crippen LogP contribution is -2.55. The van der Waals surface area contributed by atoms with Gasteiger partial charge in [0.25, 0.3) is 0 Å². The molecule has 0 aromatic heterocycles. The fourth-order valence-corrected chi connectivity index (χ4v) is 3.86. The smallest absolute Gasteiger partial charge is 0.166 e. The Kier molecular flexibility index (Phi) is 3.99. The zero-order valence-electron chi connectivity index (χ0n) is 13.5. The van der Waals surface area contributed by atoms with Crippen LogP contribution in [0.2, 0.25) is 0 Å². The number of ether oxygens (including phenoxy) is 3. The minimum absolute atomic E-state index is 0.0786. The molecular weight excluding hydrogens is 294 g/mol. The highest BCUT2D eigenvalue weighted by Gasteiger charge is 2.39. The van der Waals surface area contributed by atoms with Crippen molar-refractivity contribution < 1.29 is 19.0 Å². The molecule has 3 aliphatic rings. The Hall–Kier alpha value is -1.59. The summed E-state index contributed by atoms with van der Waals surface area (Å²) < 4.78 is 17.0. The van der Waals surface area contributed by atoms with E-state index in [1.807, 2.05) is 18.2 Å². The highest BCUT2D eigenvalue weighted by atomic mass is 16.5. The maximum atomic E-state index is 13.0. The largest absolute Gasteiger partial charge is 0.490 e. The van der Waals surface area contributed by atoms with Crippen LogP contribution in [0.5, 0.6) is 11.5 Å². The van der Waals surface area contributed by atoms with Gasteiger partial charge in [0, 0.05) is 30.0 Å². The summed E-state index contributed by atoms with van der Waals surface area (Å²) >= 11 is 0. The van der Waals surface area contributed by atoms with Crippen LogP contribution in [0.4, 0.5) is 0 Å². The van der Waals surface area contributed by atoms with Gasteiger partial charge < -0.3 is 14.2 Å². The van der Waals surface area contributed by atoms with Crippen molar-refractivity contribution in [2.24, 2.45) is 5.92 Å². The minimum Gasteiger partial charge on any atom is -0.490 e. The number of Topliss-reactive ketones (excluding diaryl/α,β-unsaturated/α-hetero) is 1. The lowest BCUT2D eigenvalue weighted by molar-refractivity contribution is -0.0702. The van der Waals surface area contributed by atoms with E-state index in [4.69, 9.17) is 14.2 Å². The topological polar surface area (TPSA) is 48.0 Å². The highest BCUT2D eigenvalue weighted by molar-refractivity contribution is 5.98. The normalized spacial score (nSPS) is 30.6. The third-order valence-electron chi connectivity index (χ3n) is 5.29. The Morgan fingerprint density at radius 1 is 1.09 bits per heavy atom. The van der Waals surface area contributed by atoms with Gasteiger partial charge in [0.15, 0.2) is 17.3 Å². The maximum Gasteiger partial charge on any atom is 0.166 e. The first kappa shape index (κ1) is 15.0. The van der Waals surface area contributed by atoms with E-state index in [2.05, 4.69) is 11.9 Å². The quantitative estimate of drug-likeness (QED) is 0.782. The van der Waals surface area contributed by atoms with Crippen molar-refractivity contribution in [2.75, 3.05) is 33.5 Å². The van der Waals surface area contributed by atoms with E-state index in [1.165, 1.54) is 0 Å². The van der Waals surface area contributed by atoms with Gasteiger partial charge in [0.05, 0.1) is 26.4 Å². The van der Waals surface area contributed by atoms with Crippen molar-refractivity contribution in [3.63, 3.8) is 0 Å². The zero-order valence-corrected chi connectivity index (χ0v) is 13.5. The fourth-order valence-electron chi connectivity index (χ4n) is 3.86. The fraction of sp³-hybridized carbons (Fsp3) is 0.611. The summed E-state index contributed by atoms with van der Waals surface area (Å²) in [6, 6.07) is 6.31. The average Bonchev–Trinajstić information content (AvgIpc) is 2.78. The number of carbonyl (C=O) groups is 1. The number of nitrogens with zero attached hydrogens (tertiary/aromatic N) is 1. The highest BCUT2D eigenvalue weighted by Crippen LogP contribution is 2.35. The number of rotatable bonds is 2. The second kappa shape index (κ2) is 6.13. The molecule has 2 saturated heterocycles. The summed E-state index contributed by atoms with van der Waals surface area (Å²) in [5, 5.41) is 0. The molecule has 2 unspecified atom stereocenters. The van der Waals surface area contributed by atoms with E-state index in [9.17, 15) is 4.79 Å². The van der Waals surface area contributed by atoms with Gasteiger partial charge >= 0.3 is 0 Å². The molecule has 1 aromatic rings. The van der Waals surface area contributed by atoms with E-state index >= 15 is 0 Å². The SMILES string of the molecule is CN1C2COCC1CC(C(=O)c1ccc3c(c1)OCCCO3)C2. The second-order valence-corrected chi connectivity index (χ2v) is 6.76. The molecule has 2 fully saturated rings. The molecule has 1 aromatic carbocycles. The summed E-state index contributed by atoms with van der Waals surface area (Å²) in [5.74, 6) is 1.75. The molecule has 124 valence electrons. The van der Waals surface area contributed by atoms with Crippen molar-refractivity contribution in [2.45, 2.75) is 31.3 Å². The third-order valence-corrected chi connectivity index (χ3v) is 5.29. The van der Waals surface area contributed by atoms with Crippen molar-refractivity contribution in [1.82, 2.24) is 4.90 Å². The lowest BCUT2D eigenvalue weighted by Gasteiger charge is -2.46. The zero-order chi connectivity index (χ0) is 15.8. The number of benzene rings is 1. The molecule has 5 heteroatoms. The Balaban J connectivity index is 1.54. The number of hydrogen-bond acceptors (Lipinski definition) is 5. The van der Waals surface area contributed by atoms with Crippen molar-refractivity contribution in [3.8, 4) is 11.5 Å². The Morgan fingerprint density at radius 3 is 2.52 bits per heavy atom. The average molecular weight is 317 g/mol. The molecule has 0 aliphatic carbocycles. The molecular formula is C18H23NO4. The molecule has 5 nitrogen and oxygen atoms in total. The number of hydrogen-bond donors (Lipinski definition) is 0. The summed E-state index contributed by atoms with van der Waals surface area (Å²) in [4.78, 5) is 15.3. The van der Waals surface area contributed by atoms with E-state index < -0.39 is 0 Å². The summed E-state index contributed by atoms with van der Waals surface area (Å²) in [5.41, 5.74) is 0.739. The molecule has 0 N–H and O–H groups in total. The number of fused-ring (bicyclic) bond motifs is 3. The van der Waals surface area contributed by atoms with Gasteiger partial charge in [-0.15, -0.1) is 0 Å². The van der Waals surface area contributed by atoms with Crippen LogP contribution in [0.1, 0.15) is 29.6 Å². The Morgan fingerprint density at radius 2 is 1.78 bits per heavy atom. The standard InChI is InChI=1S/C18H23NO4/c1-19-14-7-13(8-15(19)11-21-10-14)18(20)12-3-4-16-17(9-12)23-6-2-5-22-16/h3-4,9,13-15H,2,5-8,10-11H2,1H3. The van der Waals surface area contributed by atoms with Crippen LogP contribution in [0.25, 0.3) is 0 Å². The Bertz CT molecular complexity index is 589. The molecule has 3 heterocycles. The van der Waals surface area contributed by atoms with E-state index in [0.717, 1.165) is 43.8 Å². The van der Waals surface area contributed by atoms with Gasteiger partial charge in [-0.1, -0.05) is 0 Å². The lowest BCUT2D eigenvalue weighted by atomic mass is 9.81. The molecule has 2 atom stereocenters. The van der Waals surface area contributed by atoms with Gasteiger partial charge in [-0.3, -0.25) is 9.69 Å². The van der Waals surface area contributed by atoms with E-state index in [0.29, 0.717) is 31.0 Å². The third kappa shape index (κ3) is 2.83. The van der Waals surface area contributed by atoms with Gasteiger partial charge in [-0.2, -0.15) is 0 Å². The van der Waals surface area contributed by atoms with Crippen LogP contribution >= 0.6 is 0 Å². The first-order valence-electron chi connectivity index (χ1n) is 8.46. The van der Waals surface area contributed by atoms with Crippen LogP contribution in [0.15, 0.2) is 18.2 Å².